The molecule has 2 rings (SSSR count). The number of aromatic nitrogens is 2. The van der Waals surface area contributed by atoms with Crippen LogP contribution in [0.1, 0.15) is 55.2 Å². The molecule has 0 bridgehead atoms. The summed E-state index contributed by atoms with van der Waals surface area (Å²) in [6.07, 6.45) is 6.28. The van der Waals surface area contributed by atoms with Crippen molar-refractivity contribution in [3.05, 3.63) is 17.2 Å². The SMILES string of the molecule is Cc1c(CC(=O)O)nc(C2CCCCC2)n1C. The van der Waals surface area contributed by atoms with Crippen LogP contribution in [0.25, 0.3) is 0 Å². The van der Waals surface area contributed by atoms with Gasteiger partial charge in [-0.25, -0.2) is 4.98 Å². The molecule has 1 aliphatic carbocycles. The van der Waals surface area contributed by atoms with E-state index in [0.29, 0.717) is 5.92 Å². The number of rotatable bonds is 3. The second kappa shape index (κ2) is 4.90. The zero-order chi connectivity index (χ0) is 12.4. The molecule has 0 radical (unpaired) electrons. The molecule has 0 aliphatic heterocycles. The average Bonchev–Trinajstić information content (AvgIpc) is 2.58. The van der Waals surface area contributed by atoms with Crippen LogP contribution in [0.15, 0.2) is 0 Å². The lowest BCUT2D eigenvalue weighted by atomic mass is 9.89. The van der Waals surface area contributed by atoms with Crippen molar-refractivity contribution in [3.8, 4) is 0 Å². The molecule has 0 unspecified atom stereocenters. The molecule has 0 amide bonds. The Balaban J connectivity index is 2.25. The minimum Gasteiger partial charge on any atom is -0.481 e. The van der Waals surface area contributed by atoms with Crippen molar-refractivity contribution in [1.82, 2.24) is 9.55 Å². The second-order valence-corrected chi connectivity index (χ2v) is 4.97. The van der Waals surface area contributed by atoms with Crippen LogP contribution in [0.4, 0.5) is 0 Å². The monoisotopic (exact) mass is 236 g/mol. The molecule has 1 aliphatic rings. The van der Waals surface area contributed by atoms with Gasteiger partial charge in [-0.1, -0.05) is 19.3 Å². The molecule has 17 heavy (non-hydrogen) atoms. The lowest BCUT2D eigenvalue weighted by molar-refractivity contribution is -0.136. The molecule has 1 fully saturated rings. The van der Waals surface area contributed by atoms with Crippen molar-refractivity contribution in [2.24, 2.45) is 7.05 Å². The number of carbonyl (C=O) groups is 1. The van der Waals surface area contributed by atoms with E-state index in [2.05, 4.69) is 9.55 Å². The molecule has 4 nitrogen and oxygen atoms in total. The number of hydrogen-bond acceptors (Lipinski definition) is 2. The van der Waals surface area contributed by atoms with E-state index in [-0.39, 0.29) is 6.42 Å². The van der Waals surface area contributed by atoms with Crippen LogP contribution in [-0.2, 0) is 18.3 Å². The summed E-state index contributed by atoms with van der Waals surface area (Å²) in [6.45, 7) is 1.96. The van der Waals surface area contributed by atoms with Crippen LogP contribution in [0, 0.1) is 6.92 Å². The summed E-state index contributed by atoms with van der Waals surface area (Å²) in [7, 11) is 2.00. The van der Waals surface area contributed by atoms with Gasteiger partial charge in [0.1, 0.15) is 5.82 Å². The lowest BCUT2D eigenvalue weighted by Crippen LogP contribution is -2.10. The van der Waals surface area contributed by atoms with E-state index in [1.54, 1.807) is 0 Å². The molecule has 0 atom stereocenters. The summed E-state index contributed by atoms with van der Waals surface area (Å²) in [5.74, 6) is 0.801. The summed E-state index contributed by atoms with van der Waals surface area (Å²) in [4.78, 5) is 15.3. The van der Waals surface area contributed by atoms with Crippen LogP contribution >= 0.6 is 0 Å². The molecule has 4 heteroatoms. The fraction of sp³-hybridized carbons (Fsp3) is 0.692. The van der Waals surface area contributed by atoms with Crippen molar-refractivity contribution < 1.29 is 9.90 Å². The van der Waals surface area contributed by atoms with Crippen LogP contribution in [0.5, 0.6) is 0 Å². The van der Waals surface area contributed by atoms with Crippen molar-refractivity contribution in [3.63, 3.8) is 0 Å². The standard InChI is InChI=1S/C13H20N2O2/c1-9-11(8-12(16)17)14-13(15(9)2)10-6-4-3-5-7-10/h10H,3-8H2,1-2H3,(H,16,17). The van der Waals surface area contributed by atoms with E-state index >= 15 is 0 Å². The largest absolute Gasteiger partial charge is 0.481 e. The highest BCUT2D eigenvalue weighted by Gasteiger charge is 2.22. The summed E-state index contributed by atoms with van der Waals surface area (Å²) in [5, 5.41) is 8.85. The molecule has 1 N–H and O–H groups in total. The maximum Gasteiger partial charge on any atom is 0.309 e. The van der Waals surface area contributed by atoms with Gasteiger partial charge in [-0.2, -0.15) is 0 Å². The predicted molar refractivity (Wildman–Crippen MR) is 65.1 cm³/mol. The van der Waals surface area contributed by atoms with E-state index in [0.717, 1.165) is 17.2 Å². The van der Waals surface area contributed by atoms with Gasteiger partial charge in [0, 0.05) is 18.7 Å². The first kappa shape index (κ1) is 12.1. The zero-order valence-electron chi connectivity index (χ0n) is 10.6. The van der Waals surface area contributed by atoms with Crippen molar-refractivity contribution in [2.75, 3.05) is 0 Å². The fourth-order valence-corrected chi connectivity index (χ4v) is 2.70. The predicted octanol–water partition coefficient (Wildman–Crippen LogP) is 2.40. The molecule has 0 spiro atoms. The van der Waals surface area contributed by atoms with Crippen molar-refractivity contribution >= 4 is 5.97 Å². The van der Waals surface area contributed by atoms with Gasteiger partial charge in [-0.3, -0.25) is 4.79 Å². The Morgan fingerprint density at radius 2 is 2.06 bits per heavy atom. The molecule has 1 saturated carbocycles. The fourth-order valence-electron chi connectivity index (χ4n) is 2.70. The summed E-state index contributed by atoms with van der Waals surface area (Å²) < 4.78 is 2.08. The molecule has 0 aromatic carbocycles. The minimum absolute atomic E-state index is 0.0341. The maximum atomic E-state index is 10.8. The number of carboxylic acids is 1. The third kappa shape index (κ3) is 2.51. The Bertz CT molecular complexity index is 417. The number of carboxylic acid groups (broad SMARTS) is 1. The number of hydrogen-bond donors (Lipinski definition) is 1. The van der Waals surface area contributed by atoms with Crippen LogP contribution in [0.2, 0.25) is 0 Å². The Morgan fingerprint density at radius 3 is 2.65 bits per heavy atom. The summed E-state index contributed by atoms with van der Waals surface area (Å²) in [6, 6.07) is 0. The van der Waals surface area contributed by atoms with E-state index in [9.17, 15) is 4.79 Å². The van der Waals surface area contributed by atoms with Gasteiger partial charge in [-0.15, -0.1) is 0 Å². The highest BCUT2D eigenvalue weighted by atomic mass is 16.4. The lowest BCUT2D eigenvalue weighted by Gasteiger charge is -2.21. The Labute approximate surface area is 102 Å². The topological polar surface area (TPSA) is 55.1 Å². The molecule has 94 valence electrons. The first-order valence-corrected chi connectivity index (χ1v) is 6.33. The zero-order valence-corrected chi connectivity index (χ0v) is 10.6. The first-order valence-electron chi connectivity index (χ1n) is 6.33. The average molecular weight is 236 g/mol. The number of nitrogens with zero attached hydrogens (tertiary/aromatic N) is 2. The molecular weight excluding hydrogens is 216 g/mol. The van der Waals surface area contributed by atoms with Crippen LogP contribution < -0.4 is 0 Å². The van der Waals surface area contributed by atoms with E-state index < -0.39 is 5.97 Å². The molecular formula is C13H20N2O2. The van der Waals surface area contributed by atoms with Crippen molar-refractivity contribution in [2.45, 2.75) is 51.4 Å². The van der Waals surface area contributed by atoms with Gasteiger partial charge in [-0.05, 0) is 19.8 Å². The first-order chi connectivity index (χ1) is 8.09. The van der Waals surface area contributed by atoms with Gasteiger partial charge >= 0.3 is 5.97 Å². The van der Waals surface area contributed by atoms with E-state index in [1.807, 2.05) is 14.0 Å². The van der Waals surface area contributed by atoms with Crippen LogP contribution in [0.3, 0.4) is 0 Å². The summed E-state index contributed by atoms with van der Waals surface area (Å²) in [5.41, 5.74) is 1.72. The van der Waals surface area contributed by atoms with Crippen LogP contribution in [-0.4, -0.2) is 20.6 Å². The number of aliphatic carboxylic acids is 1. The van der Waals surface area contributed by atoms with Gasteiger partial charge in [0.15, 0.2) is 0 Å². The minimum atomic E-state index is -0.804. The van der Waals surface area contributed by atoms with Gasteiger partial charge in [0.05, 0.1) is 12.1 Å². The number of imidazole rings is 1. The third-order valence-corrected chi connectivity index (χ3v) is 3.80. The molecule has 1 aromatic rings. The van der Waals surface area contributed by atoms with Gasteiger partial charge < -0.3 is 9.67 Å². The maximum absolute atomic E-state index is 10.8. The Kier molecular flexibility index (Phi) is 3.50. The quantitative estimate of drug-likeness (QED) is 0.876. The highest BCUT2D eigenvalue weighted by Crippen LogP contribution is 2.32. The van der Waals surface area contributed by atoms with Gasteiger partial charge in [0.2, 0.25) is 0 Å². The molecule has 1 aromatic heterocycles. The summed E-state index contributed by atoms with van der Waals surface area (Å²) >= 11 is 0. The van der Waals surface area contributed by atoms with E-state index in [4.69, 9.17) is 5.11 Å². The Hall–Kier alpha value is -1.32. The van der Waals surface area contributed by atoms with Gasteiger partial charge in [0.25, 0.3) is 0 Å². The molecule has 1 heterocycles. The second-order valence-electron chi connectivity index (χ2n) is 4.97. The normalized spacial score (nSPS) is 17.3. The highest BCUT2D eigenvalue weighted by molar-refractivity contribution is 5.69. The third-order valence-electron chi connectivity index (χ3n) is 3.80. The molecule has 0 saturated heterocycles. The Morgan fingerprint density at radius 1 is 1.41 bits per heavy atom. The van der Waals surface area contributed by atoms with E-state index in [1.165, 1.54) is 32.1 Å². The smallest absolute Gasteiger partial charge is 0.309 e. The van der Waals surface area contributed by atoms with Crippen molar-refractivity contribution in [1.29, 1.82) is 0 Å².